The van der Waals surface area contributed by atoms with Gasteiger partial charge in [0.15, 0.2) is 5.82 Å². The number of hydrogen-bond donors (Lipinski definition) is 4. The molecular formula is C19H20FN7O. The van der Waals surface area contributed by atoms with E-state index in [-0.39, 0.29) is 35.4 Å². The van der Waals surface area contributed by atoms with Gasteiger partial charge in [-0.2, -0.15) is 0 Å². The van der Waals surface area contributed by atoms with E-state index in [4.69, 9.17) is 22.0 Å². The van der Waals surface area contributed by atoms with Crippen LogP contribution in [0.2, 0.25) is 0 Å². The van der Waals surface area contributed by atoms with Crippen LogP contribution in [-0.4, -0.2) is 15.0 Å². The van der Waals surface area contributed by atoms with Crippen LogP contribution in [0.5, 0.6) is 5.75 Å². The first-order chi connectivity index (χ1) is 13.5. The first-order valence-electron chi connectivity index (χ1n) is 8.81. The summed E-state index contributed by atoms with van der Waals surface area (Å²) >= 11 is 0. The van der Waals surface area contributed by atoms with Gasteiger partial charge in [-0.05, 0) is 25.0 Å². The molecule has 0 aromatic carbocycles. The first kappa shape index (κ1) is 17.9. The van der Waals surface area contributed by atoms with Crippen molar-refractivity contribution in [3.05, 3.63) is 53.9 Å². The molecule has 3 aromatic heterocycles. The van der Waals surface area contributed by atoms with Gasteiger partial charge < -0.3 is 21.6 Å². The predicted molar refractivity (Wildman–Crippen MR) is 105 cm³/mol. The number of pyridine rings is 3. The van der Waals surface area contributed by atoms with Crippen LogP contribution < -0.4 is 27.5 Å². The van der Waals surface area contributed by atoms with E-state index in [2.05, 4.69) is 20.4 Å². The van der Waals surface area contributed by atoms with Gasteiger partial charge in [-0.3, -0.25) is 9.97 Å². The van der Waals surface area contributed by atoms with Crippen molar-refractivity contribution in [3.8, 4) is 16.9 Å². The summed E-state index contributed by atoms with van der Waals surface area (Å²) in [6, 6.07) is 6.78. The van der Waals surface area contributed by atoms with E-state index in [1.807, 2.05) is 12.1 Å². The molecule has 7 N–H and O–H groups in total. The number of ether oxygens (including phenoxy) is 1. The van der Waals surface area contributed by atoms with Gasteiger partial charge in [0.1, 0.15) is 35.4 Å². The minimum absolute atomic E-state index is 0.122. The molecule has 8 nitrogen and oxygen atoms in total. The summed E-state index contributed by atoms with van der Waals surface area (Å²) in [6.07, 6.45) is 5.72. The summed E-state index contributed by atoms with van der Waals surface area (Å²) in [4.78, 5) is 12.6. The van der Waals surface area contributed by atoms with Gasteiger partial charge in [0.05, 0.1) is 0 Å². The Morgan fingerprint density at radius 3 is 2.54 bits per heavy atom. The average molecular weight is 381 g/mol. The lowest BCUT2D eigenvalue weighted by Gasteiger charge is -2.13. The number of halogens is 1. The molecule has 0 bridgehead atoms. The fraction of sp³-hybridized carbons (Fsp3) is 0.211. The molecule has 4 rings (SSSR count). The Morgan fingerprint density at radius 2 is 1.89 bits per heavy atom. The van der Waals surface area contributed by atoms with Crippen LogP contribution in [0, 0.1) is 5.82 Å². The molecule has 0 amide bonds. The Balaban J connectivity index is 1.50. The summed E-state index contributed by atoms with van der Waals surface area (Å²) in [5.74, 6) is 6.02. The summed E-state index contributed by atoms with van der Waals surface area (Å²) in [5.41, 5.74) is 16.8. The molecule has 1 fully saturated rings. The Kier molecular flexibility index (Phi) is 4.66. The van der Waals surface area contributed by atoms with Gasteiger partial charge in [0.2, 0.25) is 0 Å². The van der Waals surface area contributed by atoms with E-state index < -0.39 is 5.82 Å². The molecule has 9 heteroatoms. The number of aromatic nitrogens is 3. The van der Waals surface area contributed by atoms with Crippen LogP contribution >= 0.6 is 0 Å². The molecule has 1 aliphatic carbocycles. The fourth-order valence-electron chi connectivity index (χ4n) is 2.85. The van der Waals surface area contributed by atoms with Gasteiger partial charge in [-0.1, -0.05) is 6.07 Å². The molecule has 0 spiro atoms. The third-order valence-electron chi connectivity index (χ3n) is 4.57. The number of nitrogens with zero attached hydrogens (tertiary/aromatic N) is 3. The van der Waals surface area contributed by atoms with Crippen molar-refractivity contribution in [1.82, 2.24) is 15.0 Å². The molecule has 1 aliphatic rings. The minimum atomic E-state index is -0.485. The predicted octanol–water partition coefficient (Wildman–Crippen LogP) is 2.58. The van der Waals surface area contributed by atoms with Crippen LogP contribution in [0.4, 0.5) is 21.7 Å². The molecule has 0 radical (unpaired) electrons. The van der Waals surface area contributed by atoms with Gasteiger partial charge in [-0.15, -0.1) is 0 Å². The molecule has 3 aromatic rings. The highest BCUT2D eigenvalue weighted by atomic mass is 19.1. The zero-order valence-electron chi connectivity index (χ0n) is 15.0. The van der Waals surface area contributed by atoms with E-state index in [0.717, 1.165) is 11.3 Å². The zero-order chi connectivity index (χ0) is 19.7. The van der Waals surface area contributed by atoms with Crippen molar-refractivity contribution in [2.45, 2.75) is 25.4 Å². The topological polar surface area (TPSA) is 138 Å². The molecule has 0 atom stereocenters. The Morgan fingerprint density at radius 1 is 1.11 bits per heavy atom. The fourth-order valence-corrected chi connectivity index (χ4v) is 2.85. The highest BCUT2D eigenvalue weighted by Gasteiger charge is 2.24. The van der Waals surface area contributed by atoms with E-state index >= 15 is 0 Å². The maximum atomic E-state index is 14.5. The Hall–Kier alpha value is -3.46. The second-order valence-corrected chi connectivity index (χ2v) is 6.64. The second-order valence-electron chi connectivity index (χ2n) is 6.64. The standard InChI is InChI=1S/C19H20FN7O/c20-13-5-12(11-3-4-14(24-7-11)10-1-2-10)8-25-15(13)9-28-16-6-17(21)26-19(27-23)18(16)22/h3-8,10H,1-2,9,22-23H2,(H3,21,26,27). The van der Waals surface area contributed by atoms with E-state index in [1.54, 1.807) is 12.4 Å². The summed E-state index contributed by atoms with van der Waals surface area (Å²) in [7, 11) is 0. The first-order valence-corrected chi connectivity index (χ1v) is 8.81. The van der Waals surface area contributed by atoms with Crippen molar-refractivity contribution < 1.29 is 9.13 Å². The van der Waals surface area contributed by atoms with Crippen LogP contribution in [0.1, 0.15) is 30.1 Å². The van der Waals surface area contributed by atoms with Crippen LogP contribution in [0.25, 0.3) is 11.1 Å². The van der Waals surface area contributed by atoms with E-state index in [9.17, 15) is 4.39 Å². The van der Waals surface area contributed by atoms with E-state index in [0.29, 0.717) is 11.5 Å². The van der Waals surface area contributed by atoms with Gasteiger partial charge in [0, 0.05) is 41.2 Å². The summed E-state index contributed by atoms with van der Waals surface area (Å²) < 4.78 is 20.1. The number of rotatable bonds is 6. The molecule has 0 aliphatic heterocycles. The molecular weight excluding hydrogens is 361 g/mol. The third kappa shape index (κ3) is 3.65. The monoisotopic (exact) mass is 381 g/mol. The number of nitrogens with one attached hydrogen (secondary N) is 1. The second kappa shape index (κ2) is 7.28. The van der Waals surface area contributed by atoms with Crippen molar-refractivity contribution in [2.24, 2.45) is 5.84 Å². The van der Waals surface area contributed by atoms with Crippen LogP contribution in [0.3, 0.4) is 0 Å². The van der Waals surface area contributed by atoms with Gasteiger partial charge in [-0.25, -0.2) is 15.2 Å². The molecule has 0 saturated heterocycles. The minimum Gasteiger partial charge on any atom is -0.485 e. The van der Waals surface area contributed by atoms with Crippen LogP contribution in [-0.2, 0) is 6.61 Å². The number of nitrogen functional groups attached to an aromatic ring is 3. The molecule has 0 unspecified atom stereocenters. The van der Waals surface area contributed by atoms with Gasteiger partial charge in [0.25, 0.3) is 0 Å². The maximum absolute atomic E-state index is 14.5. The lowest BCUT2D eigenvalue weighted by Crippen LogP contribution is -2.13. The summed E-state index contributed by atoms with van der Waals surface area (Å²) in [5, 5.41) is 0. The molecule has 3 heterocycles. The van der Waals surface area contributed by atoms with Crippen molar-refractivity contribution >= 4 is 17.3 Å². The normalized spacial score (nSPS) is 13.4. The number of hydrazine groups is 1. The SMILES string of the molecule is NNc1nc(N)cc(OCc2ncc(-c3ccc(C4CC4)nc3)cc2F)c1N. The molecule has 28 heavy (non-hydrogen) atoms. The number of anilines is 3. The highest BCUT2D eigenvalue weighted by Crippen LogP contribution is 2.39. The molecule has 144 valence electrons. The maximum Gasteiger partial charge on any atom is 0.169 e. The average Bonchev–Trinajstić information content (AvgIpc) is 3.54. The molecule has 1 saturated carbocycles. The van der Waals surface area contributed by atoms with E-state index in [1.165, 1.54) is 25.0 Å². The van der Waals surface area contributed by atoms with Crippen LogP contribution in [0.15, 0.2) is 36.7 Å². The Bertz CT molecular complexity index is 1010. The largest absolute Gasteiger partial charge is 0.485 e. The van der Waals surface area contributed by atoms with Crippen molar-refractivity contribution in [2.75, 3.05) is 16.9 Å². The van der Waals surface area contributed by atoms with Crippen molar-refractivity contribution in [1.29, 1.82) is 0 Å². The highest BCUT2D eigenvalue weighted by molar-refractivity contribution is 5.71. The quantitative estimate of drug-likeness (QED) is 0.377. The van der Waals surface area contributed by atoms with Crippen molar-refractivity contribution in [3.63, 3.8) is 0 Å². The van der Waals surface area contributed by atoms with Gasteiger partial charge >= 0.3 is 0 Å². The Labute approximate surface area is 160 Å². The summed E-state index contributed by atoms with van der Waals surface area (Å²) in [6.45, 7) is -0.122. The number of nitrogens with two attached hydrogens (primary N) is 3. The zero-order valence-corrected chi connectivity index (χ0v) is 15.0. The lowest BCUT2D eigenvalue weighted by atomic mass is 10.1. The smallest absolute Gasteiger partial charge is 0.169 e. The lowest BCUT2D eigenvalue weighted by molar-refractivity contribution is 0.296. The number of hydrogen-bond acceptors (Lipinski definition) is 8. The third-order valence-corrected chi connectivity index (χ3v) is 4.57.